The van der Waals surface area contributed by atoms with Gasteiger partial charge in [-0.05, 0) is 31.4 Å². The van der Waals surface area contributed by atoms with Crippen molar-refractivity contribution in [2.75, 3.05) is 20.3 Å². The third-order valence-electron chi connectivity index (χ3n) is 4.26. The number of nitrogens with one attached hydrogen (secondary N) is 2. The van der Waals surface area contributed by atoms with Crippen molar-refractivity contribution in [2.24, 2.45) is 0 Å². The molecule has 1 aliphatic rings. The first-order valence-corrected chi connectivity index (χ1v) is 8.75. The molecule has 6 heteroatoms. The molecule has 1 fully saturated rings. The van der Waals surface area contributed by atoms with E-state index in [2.05, 4.69) is 15.6 Å². The molecule has 24 heavy (non-hydrogen) atoms. The van der Waals surface area contributed by atoms with Crippen LogP contribution in [-0.4, -0.2) is 43.1 Å². The molecule has 1 heterocycles. The SMILES string of the molecule is COCCCNC(=O)c1cc(C(=O)NC2CCCCCC2)ccn1. The van der Waals surface area contributed by atoms with Crippen molar-refractivity contribution >= 4 is 11.8 Å². The van der Waals surface area contributed by atoms with Crippen LogP contribution in [0.4, 0.5) is 0 Å². The number of aromatic nitrogens is 1. The Kier molecular flexibility index (Phi) is 7.68. The first-order chi connectivity index (χ1) is 11.7. The highest BCUT2D eigenvalue weighted by Crippen LogP contribution is 2.17. The van der Waals surface area contributed by atoms with Crippen LogP contribution in [0.25, 0.3) is 0 Å². The topological polar surface area (TPSA) is 80.3 Å². The summed E-state index contributed by atoms with van der Waals surface area (Å²) < 4.78 is 4.94. The van der Waals surface area contributed by atoms with Gasteiger partial charge in [0.25, 0.3) is 11.8 Å². The highest BCUT2D eigenvalue weighted by Gasteiger charge is 2.17. The van der Waals surface area contributed by atoms with Gasteiger partial charge in [-0.25, -0.2) is 0 Å². The molecule has 0 aromatic carbocycles. The molecular weight excluding hydrogens is 306 g/mol. The largest absolute Gasteiger partial charge is 0.385 e. The molecule has 0 bridgehead atoms. The maximum Gasteiger partial charge on any atom is 0.269 e. The molecule has 0 atom stereocenters. The summed E-state index contributed by atoms with van der Waals surface area (Å²) in [6.07, 6.45) is 9.13. The van der Waals surface area contributed by atoms with Crippen molar-refractivity contribution in [1.82, 2.24) is 15.6 Å². The molecule has 0 aliphatic heterocycles. The summed E-state index contributed by atoms with van der Waals surface area (Å²) in [5, 5.41) is 5.86. The minimum Gasteiger partial charge on any atom is -0.385 e. The Balaban J connectivity index is 1.90. The number of rotatable bonds is 7. The number of hydrogen-bond donors (Lipinski definition) is 2. The number of ether oxygens (including phenoxy) is 1. The standard InChI is InChI=1S/C18H27N3O3/c1-24-12-6-10-20-18(23)16-13-14(9-11-19-16)17(22)21-15-7-4-2-3-5-8-15/h9,11,13,15H,2-8,10,12H2,1H3,(H,20,23)(H,21,22). The third-order valence-corrected chi connectivity index (χ3v) is 4.26. The molecule has 1 aliphatic carbocycles. The summed E-state index contributed by atoms with van der Waals surface area (Å²) >= 11 is 0. The van der Waals surface area contributed by atoms with Crippen molar-refractivity contribution in [3.8, 4) is 0 Å². The molecular formula is C18H27N3O3. The molecule has 0 spiro atoms. The van der Waals surface area contributed by atoms with E-state index < -0.39 is 0 Å². The maximum atomic E-state index is 12.4. The average Bonchev–Trinajstić information content (AvgIpc) is 2.87. The maximum absolute atomic E-state index is 12.4. The van der Waals surface area contributed by atoms with E-state index in [-0.39, 0.29) is 23.6 Å². The van der Waals surface area contributed by atoms with Gasteiger partial charge in [-0.1, -0.05) is 25.7 Å². The van der Waals surface area contributed by atoms with E-state index in [0.717, 1.165) is 32.1 Å². The number of hydrogen-bond acceptors (Lipinski definition) is 4. The summed E-state index contributed by atoms with van der Waals surface area (Å²) in [6, 6.07) is 3.44. The second kappa shape index (κ2) is 10.0. The number of carbonyl (C=O) groups excluding carboxylic acids is 2. The van der Waals surface area contributed by atoms with E-state index in [4.69, 9.17) is 4.74 Å². The van der Waals surface area contributed by atoms with Gasteiger partial charge in [0.05, 0.1) is 0 Å². The number of carbonyl (C=O) groups is 2. The van der Waals surface area contributed by atoms with Crippen LogP contribution in [0, 0.1) is 0 Å². The van der Waals surface area contributed by atoms with Crippen LogP contribution in [0.3, 0.4) is 0 Å². The lowest BCUT2D eigenvalue weighted by Crippen LogP contribution is -2.34. The van der Waals surface area contributed by atoms with Crippen LogP contribution in [0.5, 0.6) is 0 Å². The predicted octanol–water partition coefficient (Wildman–Crippen LogP) is 2.30. The van der Waals surface area contributed by atoms with Gasteiger partial charge in [0.1, 0.15) is 5.69 Å². The van der Waals surface area contributed by atoms with Crippen molar-refractivity contribution in [2.45, 2.75) is 51.0 Å². The lowest BCUT2D eigenvalue weighted by molar-refractivity contribution is 0.0933. The molecule has 2 amide bonds. The van der Waals surface area contributed by atoms with Crippen molar-refractivity contribution in [3.63, 3.8) is 0 Å². The first kappa shape index (κ1) is 18.4. The van der Waals surface area contributed by atoms with Gasteiger partial charge in [0.15, 0.2) is 0 Å². The van der Waals surface area contributed by atoms with E-state index >= 15 is 0 Å². The summed E-state index contributed by atoms with van der Waals surface area (Å²) in [4.78, 5) is 28.5. The highest BCUT2D eigenvalue weighted by atomic mass is 16.5. The van der Waals surface area contributed by atoms with Crippen molar-refractivity contribution < 1.29 is 14.3 Å². The smallest absolute Gasteiger partial charge is 0.269 e. The lowest BCUT2D eigenvalue weighted by Gasteiger charge is -2.16. The number of nitrogens with zero attached hydrogens (tertiary/aromatic N) is 1. The molecule has 6 nitrogen and oxygen atoms in total. The molecule has 1 aromatic heterocycles. The van der Waals surface area contributed by atoms with Crippen LogP contribution in [0.15, 0.2) is 18.3 Å². The van der Waals surface area contributed by atoms with E-state index in [1.807, 2.05) is 0 Å². The molecule has 132 valence electrons. The first-order valence-electron chi connectivity index (χ1n) is 8.75. The van der Waals surface area contributed by atoms with Crippen molar-refractivity contribution in [1.29, 1.82) is 0 Å². The summed E-state index contributed by atoms with van der Waals surface area (Å²) in [6.45, 7) is 1.12. The lowest BCUT2D eigenvalue weighted by atomic mass is 10.1. The van der Waals surface area contributed by atoms with E-state index in [9.17, 15) is 9.59 Å². The van der Waals surface area contributed by atoms with Crippen LogP contribution in [0.2, 0.25) is 0 Å². The minimum absolute atomic E-state index is 0.127. The number of pyridine rings is 1. The van der Waals surface area contributed by atoms with Crippen molar-refractivity contribution in [3.05, 3.63) is 29.6 Å². The van der Waals surface area contributed by atoms with Crippen LogP contribution in [-0.2, 0) is 4.74 Å². The van der Waals surface area contributed by atoms with Crippen LogP contribution < -0.4 is 10.6 Å². The van der Waals surface area contributed by atoms with Gasteiger partial charge < -0.3 is 15.4 Å². The molecule has 1 saturated carbocycles. The molecule has 0 radical (unpaired) electrons. The normalized spacial score (nSPS) is 15.5. The Morgan fingerprint density at radius 1 is 1.21 bits per heavy atom. The van der Waals surface area contributed by atoms with Gasteiger partial charge in [0.2, 0.25) is 0 Å². The molecule has 1 aromatic rings. The second-order valence-electron chi connectivity index (χ2n) is 6.19. The Morgan fingerprint density at radius 2 is 1.96 bits per heavy atom. The molecule has 0 unspecified atom stereocenters. The van der Waals surface area contributed by atoms with Gasteiger partial charge in [0, 0.05) is 38.1 Å². The van der Waals surface area contributed by atoms with Crippen LogP contribution >= 0.6 is 0 Å². The second-order valence-corrected chi connectivity index (χ2v) is 6.19. The number of methoxy groups -OCH3 is 1. The fraction of sp³-hybridized carbons (Fsp3) is 0.611. The zero-order valence-electron chi connectivity index (χ0n) is 14.3. The van der Waals surface area contributed by atoms with E-state index in [1.165, 1.54) is 19.0 Å². The Morgan fingerprint density at radius 3 is 2.67 bits per heavy atom. The Hall–Kier alpha value is -1.95. The highest BCUT2D eigenvalue weighted by molar-refractivity contribution is 5.98. The average molecular weight is 333 g/mol. The van der Waals surface area contributed by atoms with Crippen LogP contribution in [0.1, 0.15) is 65.8 Å². The minimum atomic E-state index is -0.268. The predicted molar refractivity (Wildman–Crippen MR) is 92.0 cm³/mol. The Bertz CT molecular complexity index is 540. The summed E-state index contributed by atoms with van der Waals surface area (Å²) in [5.74, 6) is -0.395. The summed E-state index contributed by atoms with van der Waals surface area (Å²) in [5.41, 5.74) is 0.747. The van der Waals surface area contributed by atoms with Gasteiger partial charge in [-0.2, -0.15) is 0 Å². The van der Waals surface area contributed by atoms with Gasteiger partial charge >= 0.3 is 0 Å². The van der Waals surface area contributed by atoms with E-state index in [1.54, 1.807) is 19.2 Å². The van der Waals surface area contributed by atoms with E-state index in [0.29, 0.717) is 18.7 Å². The fourth-order valence-corrected chi connectivity index (χ4v) is 2.90. The van der Waals surface area contributed by atoms with Gasteiger partial charge in [-0.3, -0.25) is 14.6 Å². The molecule has 0 saturated heterocycles. The Labute approximate surface area is 143 Å². The molecule has 2 rings (SSSR count). The quantitative estimate of drug-likeness (QED) is 0.593. The summed E-state index contributed by atoms with van der Waals surface area (Å²) in [7, 11) is 1.62. The number of amides is 2. The third kappa shape index (κ3) is 5.92. The zero-order valence-corrected chi connectivity index (χ0v) is 14.3. The molecule has 2 N–H and O–H groups in total. The fourth-order valence-electron chi connectivity index (χ4n) is 2.90. The monoisotopic (exact) mass is 333 g/mol. The zero-order chi connectivity index (χ0) is 17.2. The van der Waals surface area contributed by atoms with Gasteiger partial charge in [-0.15, -0.1) is 0 Å².